The monoisotopic (exact) mass is 618 g/mol. The van der Waals surface area contributed by atoms with Gasteiger partial charge >= 0.3 is 0 Å². The molecule has 0 aliphatic carbocycles. The molecule has 246 valence electrons. The summed E-state index contributed by atoms with van der Waals surface area (Å²) in [6.45, 7) is 4.17. The van der Waals surface area contributed by atoms with Crippen molar-refractivity contribution in [2.24, 2.45) is 0 Å². The Labute approximate surface area is 271 Å². The number of aliphatic hydroxyl groups excluding tert-OH is 1. The summed E-state index contributed by atoms with van der Waals surface area (Å²) in [6, 6.07) is 30.0. The third-order valence-corrected chi connectivity index (χ3v) is 8.36. The first kappa shape index (κ1) is 35.3. The number of hydrogen-bond donors (Lipinski definition) is 1. The highest BCUT2D eigenvalue weighted by molar-refractivity contribution is 5.15. The van der Waals surface area contributed by atoms with Gasteiger partial charge in [-0.2, -0.15) is 0 Å². The van der Waals surface area contributed by atoms with Gasteiger partial charge in [0, 0.05) is 6.61 Å². The van der Waals surface area contributed by atoms with E-state index >= 15 is 0 Å². The number of hydrogen-bond acceptors (Lipinski definition) is 6. The van der Waals surface area contributed by atoms with Crippen molar-refractivity contribution in [2.75, 3.05) is 13.2 Å². The SMILES string of the molecule is CCCCCCCCCCCCOC1OC(COCc2ccccc2)C(O)C(OCc2ccccc2)C1OCc1ccccc1. The number of rotatable bonds is 22. The van der Waals surface area contributed by atoms with Crippen LogP contribution in [0.4, 0.5) is 0 Å². The summed E-state index contributed by atoms with van der Waals surface area (Å²) >= 11 is 0. The summed E-state index contributed by atoms with van der Waals surface area (Å²) in [5.41, 5.74) is 3.13. The van der Waals surface area contributed by atoms with Crippen molar-refractivity contribution in [1.82, 2.24) is 0 Å². The molecular weight excluding hydrogens is 564 g/mol. The Balaban J connectivity index is 1.37. The molecule has 6 heteroatoms. The van der Waals surface area contributed by atoms with Crippen LogP contribution in [0.5, 0.6) is 0 Å². The van der Waals surface area contributed by atoms with E-state index in [-0.39, 0.29) is 6.61 Å². The molecule has 0 spiro atoms. The van der Waals surface area contributed by atoms with Crippen molar-refractivity contribution in [1.29, 1.82) is 0 Å². The van der Waals surface area contributed by atoms with Gasteiger partial charge in [0.15, 0.2) is 6.29 Å². The number of aliphatic hydroxyl groups is 1. The number of benzene rings is 3. The molecule has 6 nitrogen and oxygen atoms in total. The first-order chi connectivity index (χ1) is 22.2. The largest absolute Gasteiger partial charge is 0.387 e. The number of unbranched alkanes of at least 4 members (excludes halogenated alkanes) is 9. The molecule has 1 aliphatic rings. The predicted octanol–water partition coefficient (Wildman–Crippen LogP) is 8.40. The van der Waals surface area contributed by atoms with Crippen molar-refractivity contribution in [2.45, 2.75) is 122 Å². The highest BCUT2D eigenvalue weighted by Crippen LogP contribution is 2.29. The first-order valence-corrected chi connectivity index (χ1v) is 17.1. The van der Waals surface area contributed by atoms with E-state index in [1.165, 1.54) is 51.4 Å². The van der Waals surface area contributed by atoms with Crippen molar-refractivity contribution >= 4 is 0 Å². The van der Waals surface area contributed by atoms with Crippen LogP contribution >= 0.6 is 0 Å². The van der Waals surface area contributed by atoms with E-state index in [0.29, 0.717) is 26.4 Å². The molecule has 3 aromatic carbocycles. The second-order valence-corrected chi connectivity index (χ2v) is 12.1. The lowest BCUT2D eigenvalue weighted by Crippen LogP contribution is -2.61. The highest BCUT2D eigenvalue weighted by atomic mass is 16.7. The van der Waals surface area contributed by atoms with Gasteiger partial charge in [0.25, 0.3) is 0 Å². The number of ether oxygens (including phenoxy) is 5. The van der Waals surface area contributed by atoms with E-state index in [1.807, 2.05) is 91.0 Å². The minimum absolute atomic E-state index is 0.213. The zero-order valence-corrected chi connectivity index (χ0v) is 27.1. The first-order valence-electron chi connectivity index (χ1n) is 17.1. The van der Waals surface area contributed by atoms with Crippen LogP contribution < -0.4 is 0 Å². The quantitative estimate of drug-likeness (QED) is 0.114. The van der Waals surface area contributed by atoms with E-state index in [0.717, 1.165) is 29.5 Å². The van der Waals surface area contributed by atoms with Crippen LogP contribution in [0.1, 0.15) is 87.8 Å². The molecule has 45 heavy (non-hydrogen) atoms. The van der Waals surface area contributed by atoms with Gasteiger partial charge in [-0.05, 0) is 23.1 Å². The Hall–Kier alpha value is -2.58. The van der Waals surface area contributed by atoms with E-state index in [2.05, 4.69) is 6.92 Å². The van der Waals surface area contributed by atoms with Gasteiger partial charge in [-0.1, -0.05) is 156 Å². The predicted molar refractivity (Wildman–Crippen MR) is 179 cm³/mol. The van der Waals surface area contributed by atoms with Crippen LogP contribution in [-0.4, -0.2) is 49.0 Å². The smallest absolute Gasteiger partial charge is 0.186 e. The van der Waals surface area contributed by atoms with Gasteiger partial charge in [-0.25, -0.2) is 0 Å². The molecule has 1 aliphatic heterocycles. The third-order valence-electron chi connectivity index (χ3n) is 8.36. The molecule has 5 unspecified atom stereocenters. The molecule has 0 saturated carbocycles. The van der Waals surface area contributed by atoms with Crippen LogP contribution in [-0.2, 0) is 43.5 Å². The fourth-order valence-electron chi connectivity index (χ4n) is 5.72. The molecule has 0 amide bonds. The lowest BCUT2D eigenvalue weighted by atomic mass is 9.98. The van der Waals surface area contributed by atoms with Gasteiger partial charge in [0.1, 0.15) is 24.4 Å². The van der Waals surface area contributed by atoms with Crippen LogP contribution in [0.25, 0.3) is 0 Å². The fraction of sp³-hybridized carbons (Fsp3) is 0.538. The summed E-state index contributed by atoms with van der Waals surface area (Å²) in [5.74, 6) is 0. The second-order valence-electron chi connectivity index (χ2n) is 12.1. The molecule has 5 atom stereocenters. The van der Waals surface area contributed by atoms with Crippen molar-refractivity contribution < 1.29 is 28.8 Å². The van der Waals surface area contributed by atoms with Crippen LogP contribution in [0.2, 0.25) is 0 Å². The van der Waals surface area contributed by atoms with Crippen molar-refractivity contribution in [3.05, 3.63) is 108 Å². The normalized spacial score (nSPS) is 21.6. The van der Waals surface area contributed by atoms with E-state index in [4.69, 9.17) is 23.7 Å². The Morgan fingerprint density at radius 1 is 0.556 bits per heavy atom. The molecule has 3 aromatic rings. The zero-order valence-electron chi connectivity index (χ0n) is 27.1. The lowest BCUT2D eigenvalue weighted by Gasteiger charge is -2.44. The summed E-state index contributed by atoms with van der Waals surface area (Å²) in [4.78, 5) is 0. The fourth-order valence-corrected chi connectivity index (χ4v) is 5.72. The average Bonchev–Trinajstić information content (AvgIpc) is 3.08. The molecule has 1 fully saturated rings. The summed E-state index contributed by atoms with van der Waals surface area (Å²) in [7, 11) is 0. The van der Waals surface area contributed by atoms with Crippen LogP contribution in [0.15, 0.2) is 91.0 Å². The van der Waals surface area contributed by atoms with E-state index < -0.39 is 30.7 Å². The molecule has 0 bridgehead atoms. The Bertz CT molecular complexity index is 1130. The van der Waals surface area contributed by atoms with Crippen molar-refractivity contribution in [3.63, 3.8) is 0 Å². The lowest BCUT2D eigenvalue weighted by molar-refractivity contribution is -0.321. The summed E-state index contributed by atoms with van der Waals surface area (Å²) in [5, 5.41) is 11.6. The minimum Gasteiger partial charge on any atom is -0.387 e. The third kappa shape index (κ3) is 13.0. The molecule has 4 rings (SSSR count). The Morgan fingerprint density at radius 2 is 1.02 bits per heavy atom. The van der Waals surface area contributed by atoms with Gasteiger partial charge in [-0.15, -0.1) is 0 Å². The van der Waals surface area contributed by atoms with Gasteiger partial charge in [0.05, 0.1) is 26.4 Å². The molecular formula is C39H54O6. The maximum absolute atomic E-state index is 11.6. The topological polar surface area (TPSA) is 66.4 Å². The van der Waals surface area contributed by atoms with Crippen molar-refractivity contribution in [3.8, 4) is 0 Å². The van der Waals surface area contributed by atoms with E-state index in [9.17, 15) is 5.11 Å². The molecule has 1 saturated heterocycles. The van der Waals surface area contributed by atoms with Gasteiger partial charge in [0.2, 0.25) is 0 Å². The van der Waals surface area contributed by atoms with Gasteiger partial charge < -0.3 is 28.8 Å². The Morgan fingerprint density at radius 3 is 1.56 bits per heavy atom. The summed E-state index contributed by atoms with van der Waals surface area (Å²) < 4.78 is 31.7. The molecule has 0 radical (unpaired) electrons. The highest BCUT2D eigenvalue weighted by Gasteiger charge is 2.47. The van der Waals surface area contributed by atoms with Gasteiger partial charge in [-0.3, -0.25) is 0 Å². The maximum atomic E-state index is 11.6. The van der Waals surface area contributed by atoms with Crippen LogP contribution in [0, 0.1) is 0 Å². The Kier molecular flexibility index (Phi) is 16.7. The maximum Gasteiger partial charge on any atom is 0.186 e. The molecule has 1 heterocycles. The second kappa shape index (κ2) is 21.3. The van der Waals surface area contributed by atoms with E-state index in [1.54, 1.807) is 0 Å². The molecule has 0 aromatic heterocycles. The zero-order chi connectivity index (χ0) is 31.4. The standard InChI is InChI=1S/C39H54O6/c1-2-3-4-5-6-7-8-9-10-20-27-42-39-38(44-30-34-25-18-13-19-26-34)37(43-29-33-23-16-12-17-24-33)36(40)35(45-39)31-41-28-32-21-14-11-15-22-32/h11-19,21-26,35-40H,2-10,20,27-31H2,1H3. The molecule has 1 N–H and O–H groups in total. The average molecular weight is 619 g/mol. The minimum atomic E-state index is -0.956. The summed E-state index contributed by atoms with van der Waals surface area (Å²) in [6.07, 6.45) is 9.04. The van der Waals surface area contributed by atoms with Crippen LogP contribution in [0.3, 0.4) is 0 Å².